The number of unbranched alkanes of at least 4 members (excludes halogenated alkanes) is 1. The number of benzene rings is 1. The van der Waals surface area contributed by atoms with E-state index < -0.39 is 0 Å². The molecule has 0 unspecified atom stereocenters. The quantitative estimate of drug-likeness (QED) is 0.754. The van der Waals surface area contributed by atoms with Crippen molar-refractivity contribution >= 4 is 0 Å². The first-order valence-electron chi connectivity index (χ1n) is 5.58. The Morgan fingerprint density at radius 2 is 1.79 bits per heavy atom. The summed E-state index contributed by atoms with van der Waals surface area (Å²) < 4.78 is 0. The molecule has 14 heavy (non-hydrogen) atoms. The summed E-state index contributed by atoms with van der Waals surface area (Å²) in [5.74, 6) is 0.397. The predicted octanol–water partition coefficient (Wildman–Crippen LogP) is 3.69. The average molecular weight is 192 g/mol. The fourth-order valence-electron chi connectivity index (χ4n) is 1.73. The van der Waals surface area contributed by atoms with Gasteiger partial charge < -0.3 is 5.11 Å². The minimum absolute atomic E-state index is 0.397. The van der Waals surface area contributed by atoms with Gasteiger partial charge in [0.15, 0.2) is 0 Å². The molecule has 78 valence electrons. The molecule has 0 spiro atoms. The molecule has 0 aliphatic carbocycles. The van der Waals surface area contributed by atoms with Crippen LogP contribution in [0, 0.1) is 0 Å². The minimum atomic E-state index is 0.397. The van der Waals surface area contributed by atoms with Crippen LogP contribution in [0.4, 0.5) is 0 Å². The summed E-state index contributed by atoms with van der Waals surface area (Å²) in [4.78, 5) is 0. The summed E-state index contributed by atoms with van der Waals surface area (Å²) in [5, 5.41) is 9.39. The lowest BCUT2D eigenvalue weighted by molar-refractivity contribution is 0.474. The number of aromatic hydroxyl groups is 1. The maximum atomic E-state index is 9.39. The third-order valence-electron chi connectivity index (χ3n) is 2.51. The highest BCUT2D eigenvalue weighted by atomic mass is 16.3. The van der Waals surface area contributed by atoms with Gasteiger partial charge in [0.1, 0.15) is 5.75 Å². The van der Waals surface area contributed by atoms with Crippen LogP contribution in [-0.4, -0.2) is 5.11 Å². The Morgan fingerprint density at radius 1 is 1.00 bits per heavy atom. The van der Waals surface area contributed by atoms with Crippen LogP contribution >= 0.6 is 0 Å². The molecule has 1 N–H and O–H groups in total. The highest BCUT2D eigenvalue weighted by molar-refractivity contribution is 5.35. The Bertz CT molecular complexity index is 279. The lowest BCUT2D eigenvalue weighted by atomic mass is 9.98. The number of aryl methyl sites for hydroxylation is 2. The van der Waals surface area contributed by atoms with Gasteiger partial charge in [0.05, 0.1) is 0 Å². The maximum Gasteiger partial charge on any atom is 0.115 e. The Hall–Kier alpha value is -0.980. The zero-order chi connectivity index (χ0) is 10.4. The Kier molecular flexibility index (Phi) is 4.51. The van der Waals surface area contributed by atoms with Gasteiger partial charge in [-0.15, -0.1) is 0 Å². The molecular weight excluding hydrogens is 172 g/mol. The van der Waals surface area contributed by atoms with E-state index in [1.54, 1.807) is 6.07 Å². The first kappa shape index (κ1) is 11.1. The topological polar surface area (TPSA) is 20.2 Å². The van der Waals surface area contributed by atoms with E-state index in [1.165, 1.54) is 24.0 Å². The van der Waals surface area contributed by atoms with Crippen LogP contribution in [0.25, 0.3) is 0 Å². The molecule has 1 heteroatoms. The van der Waals surface area contributed by atoms with E-state index in [2.05, 4.69) is 19.9 Å². The highest BCUT2D eigenvalue weighted by Crippen LogP contribution is 2.19. The van der Waals surface area contributed by atoms with Gasteiger partial charge in [-0.2, -0.15) is 0 Å². The summed E-state index contributed by atoms with van der Waals surface area (Å²) in [5.41, 5.74) is 2.73. The number of hydrogen-bond acceptors (Lipinski definition) is 1. The molecule has 0 fully saturated rings. The van der Waals surface area contributed by atoms with Gasteiger partial charge in [0.25, 0.3) is 0 Å². The van der Waals surface area contributed by atoms with Crippen LogP contribution in [0.2, 0.25) is 0 Å². The number of phenols is 1. The zero-order valence-corrected chi connectivity index (χ0v) is 9.21. The summed E-state index contributed by atoms with van der Waals surface area (Å²) in [6.07, 6.45) is 5.83. The van der Waals surface area contributed by atoms with Gasteiger partial charge in [-0.3, -0.25) is 0 Å². The maximum absolute atomic E-state index is 9.39. The summed E-state index contributed by atoms with van der Waals surface area (Å²) in [6, 6.07) is 5.77. The molecule has 0 heterocycles. The monoisotopic (exact) mass is 192 g/mol. The fraction of sp³-hybridized carbons (Fsp3) is 0.538. The van der Waals surface area contributed by atoms with Crippen molar-refractivity contribution in [3.8, 4) is 5.75 Å². The van der Waals surface area contributed by atoms with Gasteiger partial charge in [-0.25, -0.2) is 0 Å². The van der Waals surface area contributed by atoms with Crippen LogP contribution in [0.15, 0.2) is 18.2 Å². The van der Waals surface area contributed by atoms with Gasteiger partial charge >= 0.3 is 0 Å². The molecule has 0 radical (unpaired) electrons. The fourth-order valence-corrected chi connectivity index (χ4v) is 1.73. The van der Waals surface area contributed by atoms with E-state index in [-0.39, 0.29) is 0 Å². The third kappa shape index (κ3) is 3.06. The highest BCUT2D eigenvalue weighted by Gasteiger charge is 2.02. The van der Waals surface area contributed by atoms with Gasteiger partial charge in [-0.1, -0.05) is 32.8 Å². The molecule has 0 bridgehead atoms. The van der Waals surface area contributed by atoms with Crippen molar-refractivity contribution in [1.29, 1.82) is 0 Å². The van der Waals surface area contributed by atoms with Gasteiger partial charge in [0.2, 0.25) is 0 Å². The van der Waals surface area contributed by atoms with E-state index in [0.29, 0.717) is 5.75 Å². The molecular formula is C13H20O. The Morgan fingerprint density at radius 3 is 2.43 bits per heavy atom. The zero-order valence-electron chi connectivity index (χ0n) is 9.21. The Balaban J connectivity index is 2.78. The first-order valence-corrected chi connectivity index (χ1v) is 5.58. The standard InChI is InChI=1S/C13H20O/c1-3-5-7-11-8-9-13(14)10-12(11)6-4-2/h8-10,14H,3-7H2,1-2H3. The third-order valence-corrected chi connectivity index (χ3v) is 2.51. The van der Waals surface area contributed by atoms with Gasteiger partial charge in [-0.05, 0) is 42.5 Å². The van der Waals surface area contributed by atoms with Crippen molar-refractivity contribution in [3.63, 3.8) is 0 Å². The van der Waals surface area contributed by atoms with E-state index >= 15 is 0 Å². The normalized spacial score (nSPS) is 10.4. The lowest BCUT2D eigenvalue weighted by Gasteiger charge is -2.08. The predicted molar refractivity (Wildman–Crippen MR) is 60.7 cm³/mol. The lowest BCUT2D eigenvalue weighted by Crippen LogP contribution is -1.93. The van der Waals surface area contributed by atoms with Crippen LogP contribution in [0.1, 0.15) is 44.2 Å². The van der Waals surface area contributed by atoms with Gasteiger partial charge in [0, 0.05) is 0 Å². The molecule has 0 aliphatic rings. The Labute approximate surface area is 86.8 Å². The number of phenolic OH excluding ortho intramolecular Hbond substituents is 1. The van der Waals surface area contributed by atoms with Crippen LogP contribution in [-0.2, 0) is 12.8 Å². The summed E-state index contributed by atoms with van der Waals surface area (Å²) >= 11 is 0. The molecule has 0 saturated carbocycles. The number of hydrogen-bond donors (Lipinski definition) is 1. The van der Waals surface area contributed by atoms with E-state index in [4.69, 9.17) is 0 Å². The van der Waals surface area contributed by atoms with Crippen molar-refractivity contribution in [3.05, 3.63) is 29.3 Å². The van der Waals surface area contributed by atoms with Crippen molar-refractivity contribution < 1.29 is 5.11 Å². The molecule has 0 atom stereocenters. The smallest absolute Gasteiger partial charge is 0.115 e. The first-order chi connectivity index (χ1) is 6.77. The van der Waals surface area contributed by atoms with E-state index in [9.17, 15) is 5.11 Å². The van der Waals surface area contributed by atoms with Crippen LogP contribution in [0.5, 0.6) is 5.75 Å². The van der Waals surface area contributed by atoms with Crippen molar-refractivity contribution in [2.24, 2.45) is 0 Å². The second-order valence-electron chi connectivity index (χ2n) is 3.81. The van der Waals surface area contributed by atoms with Crippen molar-refractivity contribution in [2.75, 3.05) is 0 Å². The molecule has 1 aromatic rings. The minimum Gasteiger partial charge on any atom is -0.508 e. The molecule has 0 amide bonds. The molecule has 1 nitrogen and oxygen atoms in total. The van der Waals surface area contributed by atoms with Crippen LogP contribution < -0.4 is 0 Å². The van der Waals surface area contributed by atoms with E-state index in [1.807, 2.05) is 6.07 Å². The molecule has 0 aromatic heterocycles. The second kappa shape index (κ2) is 5.69. The van der Waals surface area contributed by atoms with Crippen molar-refractivity contribution in [1.82, 2.24) is 0 Å². The SMILES string of the molecule is CCCCc1ccc(O)cc1CCC. The van der Waals surface area contributed by atoms with Crippen molar-refractivity contribution in [2.45, 2.75) is 46.0 Å². The largest absolute Gasteiger partial charge is 0.508 e. The number of rotatable bonds is 5. The average Bonchev–Trinajstić information content (AvgIpc) is 2.17. The van der Waals surface area contributed by atoms with Crippen LogP contribution in [0.3, 0.4) is 0 Å². The molecule has 1 aromatic carbocycles. The second-order valence-corrected chi connectivity index (χ2v) is 3.81. The summed E-state index contributed by atoms with van der Waals surface area (Å²) in [6.45, 7) is 4.38. The molecule has 0 saturated heterocycles. The molecule has 0 aliphatic heterocycles. The molecule has 1 rings (SSSR count). The van der Waals surface area contributed by atoms with E-state index in [0.717, 1.165) is 19.3 Å². The summed E-state index contributed by atoms with van der Waals surface area (Å²) in [7, 11) is 0.